The van der Waals surface area contributed by atoms with Crippen LogP contribution in [0.4, 0.5) is 0 Å². The fourth-order valence-corrected chi connectivity index (χ4v) is 5.88. The molecule has 1 saturated carbocycles. The van der Waals surface area contributed by atoms with Crippen molar-refractivity contribution < 1.29 is 20.1 Å². The summed E-state index contributed by atoms with van der Waals surface area (Å²) >= 11 is 7.68. The SMILES string of the molecule is O=C(O)CCC/C=C/CC1=C(C=CC[C@H](O)C2(Cc3ccc(Cl)s3)CCC2)[C@H](O)CC1. The standard InChI is InChI=1S/C25H33ClO4S/c26-23-14-12-19(31-23)17-25(15-6-16-25)22(28)9-5-8-20-18(11-13-21(20)27)7-3-1-2-4-10-24(29)30/h1,3,5,8,12,14,21-22,27-28H,2,4,6-7,9-11,13,15-17H2,(H,29,30)/b3-1+,8-5?/t21-,22+/m1/s1. The van der Waals surface area contributed by atoms with Gasteiger partial charge >= 0.3 is 5.97 Å². The molecule has 0 spiro atoms. The minimum absolute atomic E-state index is 0.0529. The van der Waals surface area contributed by atoms with Gasteiger partial charge in [0, 0.05) is 16.7 Å². The van der Waals surface area contributed by atoms with E-state index >= 15 is 0 Å². The number of hydrogen-bond acceptors (Lipinski definition) is 4. The van der Waals surface area contributed by atoms with E-state index in [4.69, 9.17) is 16.7 Å². The number of carbonyl (C=O) groups is 1. The van der Waals surface area contributed by atoms with Gasteiger partial charge in [-0.05, 0) is 75.5 Å². The summed E-state index contributed by atoms with van der Waals surface area (Å²) < 4.78 is 0.796. The van der Waals surface area contributed by atoms with Gasteiger partial charge in [-0.15, -0.1) is 11.3 Å². The van der Waals surface area contributed by atoms with Crippen LogP contribution in [0.2, 0.25) is 4.34 Å². The molecule has 2 aliphatic carbocycles. The number of hydrogen-bond donors (Lipinski definition) is 3. The van der Waals surface area contributed by atoms with E-state index in [9.17, 15) is 15.0 Å². The van der Waals surface area contributed by atoms with Gasteiger partial charge in [0.1, 0.15) is 0 Å². The number of carboxylic acids is 1. The van der Waals surface area contributed by atoms with Crippen LogP contribution >= 0.6 is 22.9 Å². The molecule has 0 aromatic carbocycles. The molecule has 1 aromatic rings. The van der Waals surface area contributed by atoms with Crippen LogP contribution in [-0.2, 0) is 11.2 Å². The molecule has 0 saturated heterocycles. The van der Waals surface area contributed by atoms with Gasteiger partial charge in [0.15, 0.2) is 0 Å². The fourth-order valence-electron chi connectivity index (χ4n) is 4.64. The van der Waals surface area contributed by atoms with Crippen molar-refractivity contribution in [2.75, 3.05) is 0 Å². The van der Waals surface area contributed by atoms with Gasteiger partial charge < -0.3 is 15.3 Å². The second-order valence-corrected chi connectivity index (χ2v) is 10.6. The fraction of sp³-hybridized carbons (Fsp3) is 0.560. The molecule has 1 aromatic heterocycles. The van der Waals surface area contributed by atoms with Crippen molar-refractivity contribution in [2.24, 2.45) is 5.41 Å². The Balaban J connectivity index is 1.54. The first-order valence-electron chi connectivity index (χ1n) is 11.3. The summed E-state index contributed by atoms with van der Waals surface area (Å²) in [5.41, 5.74) is 2.16. The summed E-state index contributed by atoms with van der Waals surface area (Å²) in [6.07, 6.45) is 16.0. The highest BCUT2D eigenvalue weighted by molar-refractivity contribution is 7.16. The minimum Gasteiger partial charge on any atom is -0.481 e. The van der Waals surface area contributed by atoms with Crippen molar-refractivity contribution in [2.45, 2.75) is 82.8 Å². The summed E-state index contributed by atoms with van der Waals surface area (Å²) in [7, 11) is 0. The number of allylic oxidation sites excluding steroid dienone is 3. The summed E-state index contributed by atoms with van der Waals surface area (Å²) in [5.74, 6) is -0.757. The Bertz CT molecular complexity index is 834. The highest BCUT2D eigenvalue weighted by Crippen LogP contribution is 2.48. The average molecular weight is 465 g/mol. The third-order valence-corrected chi connectivity index (χ3v) is 7.88. The number of aliphatic carboxylic acids is 1. The topological polar surface area (TPSA) is 77.8 Å². The number of unbranched alkanes of at least 4 members (excludes halogenated alkanes) is 1. The van der Waals surface area contributed by atoms with E-state index in [-0.39, 0.29) is 11.8 Å². The number of carboxylic acid groups (broad SMARTS) is 1. The summed E-state index contributed by atoms with van der Waals surface area (Å²) in [5, 5.41) is 30.0. The second-order valence-electron chi connectivity index (χ2n) is 8.83. The lowest BCUT2D eigenvalue weighted by Gasteiger charge is -2.45. The van der Waals surface area contributed by atoms with Gasteiger partial charge in [0.2, 0.25) is 0 Å². The van der Waals surface area contributed by atoms with Gasteiger partial charge in [0.05, 0.1) is 16.5 Å². The van der Waals surface area contributed by atoms with Crippen LogP contribution in [0.15, 0.2) is 47.6 Å². The number of rotatable bonds is 12. The minimum atomic E-state index is -0.757. The molecule has 0 unspecified atom stereocenters. The number of aliphatic hydroxyl groups excluding tert-OH is 2. The highest BCUT2D eigenvalue weighted by atomic mass is 35.5. The van der Waals surface area contributed by atoms with Crippen LogP contribution in [0.3, 0.4) is 0 Å². The molecule has 0 radical (unpaired) electrons. The van der Waals surface area contributed by atoms with E-state index < -0.39 is 18.2 Å². The zero-order valence-electron chi connectivity index (χ0n) is 17.9. The number of aliphatic hydroxyl groups is 2. The Kier molecular flexibility index (Phi) is 8.96. The van der Waals surface area contributed by atoms with E-state index in [1.54, 1.807) is 11.3 Å². The van der Waals surface area contributed by atoms with Gasteiger partial charge in [-0.25, -0.2) is 0 Å². The van der Waals surface area contributed by atoms with E-state index in [2.05, 4.69) is 12.1 Å². The summed E-state index contributed by atoms with van der Waals surface area (Å²) in [6.45, 7) is 0. The average Bonchev–Trinajstić information content (AvgIpc) is 3.26. The van der Waals surface area contributed by atoms with Gasteiger partial charge in [-0.1, -0.05) is 47.9 Å². The van der Waals surface area contributed by atoms with E-state index in [0.29, 0.717) is 12.8 Å². The van der Waals surface area contributed by atoms with Crippen LogP contribution in [0.25, 0.3) is 0 Å². The molecule has 0 amide bonds. The predicted octanol–water partition coefficient (Wildman–Crippen LogP) is 6.07. The van der Waals surface area contributed by atoms with Crippen LogP contribution in [0.1, 0.15) is 69.1 Å². The first kappa shape index (κ1) is 24.2. The lowest BCUT2D eigenvalue weighted by molar-refractivity contribution is -0.137. The molecule has 3 N–H and O–H groups in total. The zero-order chi connectivity index (χ0) is 22.3. The molecule has 3 rings (SSSR count). The first-order chi connectivity index (χ1) is 14.9. The third kappa shape index (κ3) is 6.79. The van der Waals surface area contributed by atoms with Crippen molar-refractivity contribution in [1.82, 2.24) is 0 Å². The van der Waals surface area contributed by atoms with E-state index in [1.807, 2.05) is 24.3 Å². The maximum absolute atomic E-state index is 10.9. The molecular weight excluding hydrogens is 432 g/mol. The molecule has 31 heavy (non-hydrogen) atoms. The summed E-state index contributed by atoms with van der Waals surface area (Å²) in [4.78, 5) is 11.8. The lowest BCUT2D eigenvalue weighted by atomic mass is 9.62. The normalized spacial score (nSPS) is 21.8. The number of thiophene rings is 1. The quantitative estimate of drug-likeness (QED) is 0.259. The van der Waals surface area contributed by atoms with Crippen molar-refractivity contribution in [3.05, 3.63) is 56.8 Å². The van der Waals surface area contributed by atoms with Crippen LogP contribution in [0, 0.1) is 5.41 Å². The van der Waals surface area contributed by atoms with Crippen molar-refractivity contribution in [1.29, 1.82) is 0 Å². The first-order valence-corrected chi connectivity index (χ1v) is 12.4. The van der Waals surface area contributed by atoms with Gasteiger partial charge in [-0.2, -0.15) is 0 Å². The molecule has 0 aliphatic heterocycles. The summed E-state index contributed by atoms with van der Waals surface area (Å²) in [6, 6.07) is 3.99. The molecule has 1 fully saturated rings. The monoisotopic (exact) mass is 464 g/mol. The molecule has 1 heterocycles. The van der Waals surface area contributed by atoms with Crippen LogP contribution < -0.4 is 0 Å². The lowest BCUT2D eigenvalue weighted by Crippen LogP contribution is -2.42. The molecule has 170 valence electrons. The van der Waals surface area contributed by atoms with Gasteiger partial charge in [-0.3, -0.25) is 4.79 Å². The Morgan fingerprint density at radius 2 is 2.10 bits per heavy atom. The van der Waals surface area contributed by atoms with Crippen molar-refractivity contribution in [3.8, 4) is 0 Å². The predicted molar refractivity (Wildman–Crippen MR) is 127 cm³/mol. The largest absolute Gasteiger partial charge is 0.481 e. The van der Waals surface area contributed by atoms with E-state index in [1.165, 1.54) is 10.5 Å². The van der Waals surface area contributed by atoms with Crippen molar-refractivity contribution >= 4 is 28.9 Å². The molecule has 2 atom stereocenters. The molecule has 0 bridgehead atoms. The smallest absolute Gasteiger partial charge is 0.303 e. The maximum Gasteiger partial charge on any atom is 0.303 e. The van der Waals surface area contributed by atoms with Crippen molar-refractivity contribution in [3.63, 3.8) is 0 Å². The van der Waals surface area contributed by atoms with Crippen LogP contribution in [-0.4, -0.2) is 33.5 Å². The molecule has 6 heteroatoms. The Morgan fingerprint density at radius 3 is 2.74 bits per heavy atom. The third-order valence-electron chi connectivity index (χ3n) is 6.65. The Labute approximate surface area is 194 Å². The number of halogens is 1. The second kappa shape index (κ2) is 11.5. The molecule has 4 nitrogen and oxygen atoms in total. The molecular formula is C25H33ClO4S. The van der Waals surface area contributed by atoms with Gasteiger partial charge in [0.25, 0.3) is 0 Å². The van der Waals surface area contributed by atoms with E-state index in [0.717, 1.165) is 61.3 Å². The highest BCUT2D eigenvalue weighted by Gasteiger charge is 2.43. The van der Waals surface area contributed by atoms with Crippen LogP contribution in [0.5, 0.6) is 0 Å². The Hall–Kier alpha value is -1.40. The molecule has 2 aliphatic rings. The zero-order valence-corrected chi connectivity index (χ0v) is 19.5. The Morgan fingerprint density at radius 1 is 1.29 bits per heavy atom. The maximum atomic E-state index is 10.9.